The van der Waals surface area contributed by atoms with Crippen molar-refractivity contribution in [1.29, 1.82) is 0 Å². The van der Waals surface area contributed by atoms with E-state index in [9.17, 15) is 0 Å². The Morgan fingerprint density at radius 1 is 1.22 bits per heavy atom. The molecule has 1 heterocycles. The van der Waals surface area contributed by atoms with E-state index in [1.807, 2.05) is 12.1 Å². The third kappa shape index (κ3) is 3.05. The number of pyridine rings is 1. The highest BCUT2D eigenvalue weighted by Gasteiger charge is 2.06. The number of rotatable bonds is 4. The summed E-state index contributed by atoms with van der Waals surface area (Å²) in [5.41, 5.74) is 3.97. The third-order valence-electron chi connectivity index (χ3n) is 2.83. The second-order valence-corrected chi connectivity index (χ2v) is 5.19. The number of nitrogens with zero attached hydrogens (tertiary/aromatic N) is 1. The van der Waals surface area contributed by atoms with Crippen LogP contribution in [-0.2, 0) is 5.75 Å². The van der Waals surface area contributed by atoms with Gasteiger partial charge in [0.25, 0.3) is 0 Å². The van der Waals surface area contributed by atoms with Crippen LogP contribution in [0.15, 0.2) is 41.6 Å². The smallest absolute Gasteiger partial charge is 0.151 e. The molecule has 0 aliphatic rings. The van der Waals surface area contributed by atoms with Crippen LogP contribution in [0.25, 0.3) is 0 Å². The minimum absolute atomic E-state index is 0.841. The van der Waals surface area contributed by atoms with Crippen LogP contribution in [0.1, 0.15) is 16.7 Å². The van der Waals surface area contributed by atoms with E-state index in [-0.39, 0.29) is 0 Å². The molecular weight excluding hydrogens is 242 g/mol. The van der Waals surface area contributed by atoms with Crippen molar-refractivity contribution in [1.82, 2.24) is 4.98 Å². The van der Waals surface area contributed by atoms with Gasteiger partial charge in [-0.05, 0) is 37.1 Å². The van der Waals surface area contributed by atoms with Crippen LogP contribution in [0, 0.1) is 13.8 Å². The van der Waals surface area contributed by atoms with Gasteiger partial charge in [0, 0.05) is 11.9 Å². The van der Waals surface area contributed by atoms with Gasteiger partial charge in [0.15, 0.2) is 5.75 Å². The van der Waals surface area contributed by atoms with Gasteiger partial charge in [0.2, 0.25) is 0 Å². The molecule has 0 unspecified atom stereocenters. The lowest BCUT2D eigenvalue weighted by Crippen LogP contribution is -1.91. The fraction of sp³-hybridized carbons (Fsp3) is 0.267. The van der Waals surface area contributed by atoms with E-state index in [1.165, 1.54) is 16.7 Å². The van der Waals surface area contributed by atoms with E-state index in [4.69, 9.17) is 4.74 Å². The molecule has 2 rings (SSSR count). The average molecular weight is 259 g/mol. The molecule has 0 saturated heterocycles. The molecule has 0 saturated carbocycles. The second kappa shape index (κ2) is 5.91. The lowest BCUT2D eigenvalue weighted by atomic mass is 10.1. The molecule has 0 radical (unpaired) electrons. The van der Waals surface area contributed by atoms with Gasteiger partial charge in [-0.2, -0.15) is 0 Å². The molecule has 0 spiro atoms. The summed E-state index contributed by atoms with van der Waals surface area (Å²) in [5, 5.41) is 0.945. The molecule has 94 valence electrons. The van der Waals surface area contributed by atoms with Crippen molar-refractivity contribution in [3.05, 3.63) is 53.2 Å². The van der Waals surface area contributed by atoms with Gasteiger partial charge >= 0.3 is 0 Å². The normalized spacial score (nSPS) is 10.4. The van der Waals surface area contributed by atoms with Crippen molar-refractivity contribution < 1.29 is 4.74 Å². The first-order chi connectivity index (χ1) is 8.70. The predicted molar refractivity (Wildman–Crippen MR) is 76.3 cm³/mol. The standard InChI is InChI=1S/C15H17NOS/c1-11-6-7-12(2)13(9-11)10-18-15-14(17-3)5-4-8-16-15/h4-9H,10H2,1-3H3. The molecule has 0 aliphatic carbocycles. The summed E-state index contributed by atoms with van der Waals surface area (Å²) in [6.45, 7) is 4.26. The Morgan fingerprint density at radius 3 is 2.83 bits per heavy atom. The first-order valence-electron chi connectivity index (χ1n) is 5.88. The number of ether oxygens (including phenoxy) is 1. The van der Waals surface area contributed by atoms with Gasteiger partial charge in [0.1, 0.15) is 5.03 Å². The Kier molecular flexibility index (Phi) is 4.26. The summed E-state index contributed by atoms with van der Waals surface area (Å²) in [5.74, 6) is 1.76. The Labute approximate surface area is 112 Å². The lowest BCUT2D eigenvalue weighted by molar-refractivity contribution is 0.401. The van der Waals surface area contributed by atoms with Gasteiger partial charge in [-0.25, -0.2) is 4.98 Å². The molecule has 0 atom stereocenters. The number of aryl methyl sites for hydroxylation is 2. The molecule has 0 N–H and O–H groups in total. The zero-order chi connectivity index (χ0) is 13.0. The lowest BCUT2D eigenvalue weighted by Gasteiger charge is -2.09. The topological polar surface area (TPSA) is 22.1 Å². The molecule has 1 aromatic carbocycles. The molecule has 0 fully saturated rings. The number of methoxy groups -OCH3 is 1. The van der Waals surface area contributed by atoms with Crippen LogP contribution in [-0.4, -0.2) is 12.1 Å². The van der Waals surface area contributed by atoms with E-state index in [2.05, 4.69) is 37.0 Å². The van der Waals surface area contributed by atoms with Crippen LogP contribution in [0.2, 0.25) is 0 Å². The quantitative estimate of drug-likeness (QED) is 0.775. The number of hydrogen-bond donors (Lipinski definition) is 0. The van der Waals surface area contributed by atoms with Crippen LogP contribution in [0.4, 0.5) is 0 Å². The van der Waals surface area contributed by atoms with Gasteiger partial charge in [0.05, 0.1) is 7.11 Å². The highest BCUT2D eigenvalue weighted by Crippen LogP contribution is 2.30. The fourth-order valence-corrected chi connectivity index (χ4v) is 2.77. The van der Waals surface area contributed by atoms with E-state index < -0.39 is 0 Å². The summed E-state index contributed by atoms with van der Waals surface area (Å²) in [6, 6.07) is 10.4. The molecule has 2 nitrogen and oxygen atoms in total. The zero-order valence-corrected chi connectivity index (χ0v) is 11.8. The van der Waals surface area contributed by atoms with E-state index in [1.54, 1.807) is 25.1 Å². The van der Waals surface area contributed by atoms with E-state index >= 15 is 0 Å². The van der Waals surface area contributed by atoms with Gasteiger partial charge in [-0.3, -0.25) is 0 Å². The summed E-state index contributed by atoms with van der Waals surface area (Å²) >= 11 is 1.71. The average Bonchev–Trinajstić information content (AvgIpc) is 2.40. The number of hydrogen-bond acceptors (Lipinski definition) is 3. The minimum Gasteiger partial charge on any atom is -0.494 e. The number of thioether (sulfide) groups is 1. The Morgan fingerprint density at radius 2 is 2.06 bits per heavy atom. The Balaban J connectivity index is 2.14. The van der Waals surface area contributed by atoms with Crippen molar-refractivity contribution in [3.63, 3.8) is 0 Å². The van der Waals surface area contributed by atoms with Crippen LogP contribution >= 0.6 is 11.8 Å². The van der Waals surface area contributed by atoms with Crippen LogP contribution < -0.4 is 4.74 Å². The maximum absolute atomic E-state index is 5.30. The van der Waals surface area contributed by atoms with Crippen molar-refractivity contribution in [3.8, 4) is 5.75 Å². The van der Waals surface area contributed by atoms with Gasteiger partial charge in [-0.1, -0.05) is 35.5 Å². The molecule has 3 heteroatoms. The van der Waals surface area contributed by atoms with E-state index in [0.29, 0.717) is 0 Å². The van der Waals surface area contributed by atoms with Crippen molar-refractivity contribution in [2.24, 2.45) is 0 Å². The van der Waals surface area contributed by atoms with Crippen molar-refractivity contribution in [2.75, 3.05) is 7.11 Å². The maximum Gasteiger partial charge on any atom is 0.151 e. The molecule has 18 heavy (non-hydrogen) atoms. The SMILES string of the molecule is COc1cccnc1SCc1cc(C)ccc1C. The van der Waals surface area contributed by atoms with Crippen molar-refractivity contribution >= 4 is 11.8 Å². The summed E-state index contributed by atoms with van der Waals surface area (Å²) in [4.78, 5) is 4.35. The second-order valence-electron chi connectivity index (χ2n) is 4.23. The minimum atomic E-state index is 0.841. The van der Waals surface area contributed by atoms with E-state index in [0.717, 1.165) is 16.5 Å². The van der Waals surface area contributed by atoms with Crippen LogP contribution in [0.3, 0.4) is 0 Å². The summed E-state index contributed by atoms with van der Waals surface area (Å²) in [6.07, 6.45) is 1.80. The highest BCUT2D eigenvalue weighted by molar-refractivity contribution is 7.98. The first kappa shape index (κ1) is 13.0. The molecule has 0 bridgehead atoms. The van der Waals surface area contributed by atoms with Crippen LogP contribution in [0.5, 0.6) is 5.75 Å². The summed E-state index contributed by atoms with van der Waals surface area (Å²) < 4.78 is 5.30. The Bertz CT molecular complexity index is 540. The summed E-state index contributed by atoms with van der Waals surface area (Å²) in [7, 11) is 1.68. The van der Waals surface area contributed by atoms with Gasteiger partial charge < -0.3 is 4.74 Å². The molecule has 0 amide bonds. The van der Waals surface area contributed by atoms with Gasteiger partial charge in [-0.15, -0.1) is 0 Å². The number of benzene rings is 1. The Hall–Kier alpha value is -1.48. The molecule has 1 aromatic heterocycles. The zero-order valence-electron chi connectivity index (χ0n) is 10.9. The molecule has 0 aliphatic heterocycles. The maximum atomic E-state index is 5.30. The highest BCUT2D eigenvalue weighted by atomic mass is 32.2. The first-order valence-corrected chi connectivity index (χ1v) is 6.87. The predicted octanol–water partition coefficient (Wildman–Crippen LogP) is 4.00. The monoisotopic (exact) mass is 259 g/mol. The van der Waals surface area contributed by atoms with Crippen molar-refractivity contribution in [2.45, 2.75) is 24.6 Å². The largest absolute Gasteiger partial charge is 0.494 e. The number of aromatic nitrogens is 1. The fourth-order valence-electron chi connectivity index (χ4n) is 1.74. The molecule has 2 aromatic rings. The third-order valence-corrected chi connectivity index (χ3v) is 3.86. The molecular formula is C15H17NOS.